The molecular weight excluding hydrogens is 248 g/mol. The van der Waals surface area contributed by atoms with Gasteiger partial charge in [-0.05, 0) is 31.2 Å². The average Bonchev–Trinajstić information content (AvgIpc) is 2.48. The Hall–Kier alpha value is -2.47. The molecule has 20 heavy (non-hydrogen) atoms. The largest absolute Gasteiger partial charge is 0.490 e. The molecular formula is C17H18N2O. The Bertz CT molecular complexity index is 599. The Morgan fingerprint density at radius 3 is 2.50 bits per heavy atom. The van der Waals surface area contributed by atoms with Crippen LogP contribution < -0.4 is 9.64 Å². The fourth-order valence-corrected chi connectivity index (χ4v) is 1.91. The molecule has 0 heterocycles. The summed E-state index contributed by atoms with van der Waals surface area (Å²) in [6, 6.07) is 17.8. The van der Waals surface area contributed by atoms with Gasteiger partial charge in [-0.25, -0.2) is 0 Å². The summed E-state index contributed by atoms with van der Waals surface area (Å²) >= 11 is 0. The maximum atomic E-state index is 8.99. The van der Waals surface area contributed by atoms with Gasteiger partial charge >= 0.3 is 0 Å². The van der Waals surface area contributed by atoms with Gasteiger partial charge in [-0.15, -0.1) is 0 Å². The Balaban J connectivity index is 1.90. The van der Waals surface area contributed by atoms with Gasteiger partial charge in [-0.2, -0.15) is 5.26 Å². The number of nitrogens with zero attached hydrogens (tertiary/aromatic N) is 2. The predicted octanol–water partition coefficient (Wildman–Crippen LogP) is 3.38. The molecule has 0 N–H and O–H groups in total. The number of anilines is 1. The second-order valence-corrected chi connectivity index (χ2v) is 4.71. The smallest absolute Gasteiger partial charge is 0.137 e. The molecule has 0 radical (unpaired) electrons. The summed E-state index contributed by atoms with van der Waals surface area (Å²) in [7, 11) is 2.03. The van der Waals surface area contributed by atoms with Crippen LogP contribution >= 0.6 is 0 Å². The van der Waals surface area contributed by atoms with Crippen LogP contribution in [0.15, 0.2) is 48.5 Å². The van der Waals surface area contributed by atoms with Gasteiger partial charge in [0.25, 0.3) is 0 Å². The molecule has 2 aromatic carbocycles. The van der Waals surface area contributed by atoms with Gasteiger partial charge in [0.15, 0.2) is 0 Å². The molecule has 0 aromatic heterocycles. The molecule has 0 unspecified atom stereocenters. The fraction of sp³-hybridized carbons (Fsp3) is 0.235. The second kappa shape index (κ2) is 6.63. The highest BCUT2D eigenvalue weighted by atomic mass is 16.5. The minimum absolute atomic E-state index is 0.545. The van der Waals surface area contributed by atoms with Crippen LogP contribution in [0.1, 0.15) is 11.1 Å². The quantitative estimate of drug-likeness (QED) is 0.832. The number of aryl methyl sites for hydroxylation is 1. The first-order chi connectivity index (χ1) is 9.70. The zero-order valence-electron chi connectivity index (χ0n) is 11.8. The number of likely N-dealkylation sites (N-methyl/N-ethyl adjacent to an activating group) is 1. The van der Waals surface area contributed by atoms with Gasteiger partial charge in [0.1, 0.15) is 18.4 Å². The molecule has 0 saturated heterocycles. The number of hydrogen-bond acceptors (Lipinski definition) is 3. The van der Waals surface area contributed by atoms with E-state index >= 15 is 0 Å². The Labute approximate surface area is 120 Å². The monoisotopic (exact) mass is 266 g/mol. The minimum atomic E-state index is 0.545. The van der Waals surface area contributed by atoms with Crippen molar-refractivity contribution in [1.29, 1.82) is 5.26 Å². The lowest BCUT2D eigenvalue weighted by atomic mass is 10.2. The lowest BCUT2D eigenvalue weighted by Gasteiger charge is -2.19. The molecule has 2 aromatic rings. The summed E-state index contributed by atoms with van der Waals surface area (Å²) < 4.78 is 5.68. The van der Waals surface area contributed by atoms with Crippen molar-refractivity contribution in [3.05, 3.63) is 59.7 Å². The van der Waals surface area contributed by atoms with Gasteiger partial charge in [-0.1, -0.05) is 29.8 Å². The van der Waals surface area contributed by atoms with E-state index in [0.29, 0.717) is 17.9 Å². The molecule has 0 fully saturated rings. The highest BCUT2D eigenvalue weighted by Crippen LogP contribution is 2.17. The van der Waals surface area contributed by atoms with Crippen molar-refractivity contribution in [1.82, 2.24) is 0 Å². The third-order valence-corrected chi connectivity index (χ3v) is 3.17. The number of benzene rings is 2. The summed E-state index contributed by atoms with van der Waals surface area (Å²) in [5.41, 5.74) is 2.99. The van der Waals surface area contributed by atoms with Crippen LogP contribution in [0, 0.1) is 18.3 Å². The van der Waals surface area contributed by atoms with E-state index < -0.39 is 0 Å². The van der Waals surface area contributed by atoms with Gasteiger partial charge in [0, 0.05) is 12.7 Å². The predicted molar refractivity (Wildman–Crippen MR) is 81.1 cm³/mol. The second-order valence-electron chi connectivity index (χ2n) is 4.71. The van der Waals surface area contributed by atoms with Crippen molar-refractivity contribution in [2.45, 2.75) is 6.92 Å². The Morgan fingerprint density at radius 2 is 1.80 bits per heavy atom. The molecule has 0 aliphatic rings. The van der Waals surface area contributed by atoms with Crippen LogP contribution in [0.5, 0.6) is 5.75 Å². The first kappa shape index (κ1) is 14.0. The third kappa shape index (κ3) is 3.52. The number of nitriles is 1. The zero-order chi connectivity index (χ0) is 14.4. The van der Waals surface area contributed by atoms with E-state index in [1.807, 2.05) is 25.2 Å². The minimum Gasteiger partial charge on any atom is -0.490 e. The van der Waals surface area contributed by atoms with E-state index in [1.165, 1.54) is 5.56 Å². The molecule has 3 nitrogen and oxygen atoms in total. The lowest BCUT2D eigenvalue weighted by Crippen LogP contribution is -2.23. The summed E-state index contributed by atoms with van der Waals surface area (Å²) in [4.78, 5) is 2.13. The van der Waals surface area contributed by atoms with Crippen LogP contribution in [0.25, 0.3) is 0 Å². The molecule has 0 saturated carbocycles. The Kier molecular flexibility index (Phi) is 4.62. The molecule has 0 amide bonds. The molecule has 0 spiro atoms. The maximum absolute atomic E-state index is 8.99. The maximum Gasteiger partial charge on any atom is 0.137 e. The fourth-order valence-electron chi connectivity index (χ4n) is 1.91. The molecule has 0 aliphatic carbocycles. The van der Waals surface area contributed by atoms with Crippen molar-refractivity contribution in [2.75, 3.05) is 25.1 Å². The number of hydrogen-bond donors (Lipinski definition) is 0. The molecule has 0 bridgehead atoms. The highest BCUT2D eigenvalue weighted by Gasteiger charge is 2.03. The summed E-state index contributed by atoms with van der Waals surface area (Å²) in [5.74, 6) is 0.646. The van der Waals surface area contributed by atoms with Crippen LogP contribution in [0.3, 0.4) is 0 Å². The van der Waals surface area contributed by atoms with E-state index in [2.05, 4.69) is 42.2 Å². The van der Waals surface area contributed by atoms with E-state index in [-0.39, 0.29) is 0 Å². The van der Waals surface area contributed by atoms with Crippen molar-refractivity contribution in [2.24, 2.45) is 0 Å². The van der Waals surface area contributed by atoms with E-state index in [4.69, 9.17) is 10.00 Å². The molecule has 0 atom stereocenters. The molecule has 0 aliphatic heterocycles. The first-order valence-corrected chi connectivity index (χ1v) is 6.60. The van der Waals surface area contributed by atoms with Gasteiger partial charge in [-0.3, -0.25) is 0 Å². The van der Waals surface area contributed by atoms with Gasteiger partial charge < -0.3 is 9.64 Å². The van der Waals surface area contributed by atoms with Crippen molar-refractivity contribution in [3.63, 3.8) is 0 Å². The van der Waals surface area contributed by atoms with E-state index in [1.54, 1.807) is 6.07 Å². The number of para-hydroxylation sites is 1. The van der Waals surface area contributed by atoms with Crippen molar-refractivity contribution in [3.8, 4) is 11.8 Å². The number of ether oxygens (including phenoxy) is 1. The molecule has 2 rings (SSSR count). The lowest BCUT2D eigenvalue weighted by molar-refractivity contribution is 0.325. The van der Waals surface area contributed by atoms with E-state index in [9.17, 15) is 0 Å². The normalized spacial score (nSPS) is 9.85. The van der Waals surface area contributed by atoms with Crippen LogP contribution in [0.2, 0.25) is 0 Å². The third-order valence-electron chi connectivity index (χ3n) is 3.17. The van der Waals surface area contributed by atoms with Gasteiger partial charge in [0.05, 0.1) is 12.1 Å². The standard InChI is InChI=1S/C17H18N2O/c1-14-7-9-16(10-8-14)19(2)11-12-20-17-6-4-3-5-15(17)13-18/h3-10H,11-12H2,1-2H3. The summed E-state index contributed by atoms with van der Waals surface area (Å²) in [6.07, 6.45) is 0. The van der Waals surface area contributed by atoms with E-state index in [0.717, 1.165) is 12.2 Å². The summed E-state index contributed by atoms with van der Waals surface area (Å²) in [5, 5.41) is 8.99. The van der Waals surface area contributed by atoms with Crippen LogP contribution in [0.4, 0.5) is 5.69 Å². The van der Waals surface area contributed by atoms with Crippen molar-refractivity contribution >= 4 is 5.69 Å². The Morgan fingerprint density at radius 1 is 1.10 bits per heavy atom. The topological polar surface area (TPSA) is 36.3 Å². The highest BCUT2D eigenvalue weighted by molar-refractivity contribution is 5.47. The van der Waals surface area contributed by atoms with Gasteiger partial charge in [0.2, 0.25) is 0 Å². The first-order valence-electron chi connectivity index (χ1n) is 6.60. The number of rotatable bonds is 5. The average molecular weight is 266 g/mol. The van der Waals surface area contributed by atoms with Crippen LogP contribution in [-0.4, -0.2) is 20.2 Å². The van der Waals surface area contributed by atoms with Crippen LogP contribution in [-0.2, 0) is 0 Å². The molecule has 102 valence electrons. The zero-order valence-corrected chi connectivity index (χ0v) is 11.8. The molecule has 3 heteroatoms. The summed E-state index contributed by atoms with van der Waals surface area (Å²) in [6.45, 7) is 3.39. The SMILES string of the molecule is Cc1ccc(N(C)CCOc2ccccc2C#N)cc1. The van der Waals surface area contributed by atoms with Crippen molar-refractivity contribution < 1.29 is 4.74 Å².